The molecule has 1 amide bonds. The third kappa shape index (κ3) is 4.21. The Morgan fingerprint density at radius 2 is 2.35 bits per heavy atom. The van der Waals surface area contributed by atoms with Crippen LogP contribution in [-0.4, -0.2) is 35.3 Å². The number of nitrogens with zero attached hydrogens (tertiary/aromatic N) is 2. The van der Waals surface area contributed by atoms with E-state index >= 15 is 0 Å². The lowest BCUT2D eigenvalue weighted by molar-refractivity contribution is 0.0939. The molecule has 2 rings (SSSR count). The summed E-state index contributed by atoms with van der Waals surface area (Å²) in [7, 11) is 1.89. The molecule has 1 aromatic rings. The molecule has 1 saturated heterocycles. The molecule has 0 spiro atoms. The predicted octanol–water partition coefficient (Wildman–Crippen LogP) is 1.69. The van der Waals surface area contributed by atoms with Gasteiger partial charge in [-0.2, -0.15) is 5.10 Å². The fourth-order valence-corrected chi connectivity index (χ4v) is 2.56. The highest BCUT2D eigenvalue weighted by atomic mass is 35.5. The largest absolute Gasteiger partial charge is 0.350 e. The first-order valence-electron chi connectivity index (χ1n) is 7.10. The summed E-state index contributed by atoms with van der Waals surface area (Å²) in [5.41, 5.74) is 1.61. The van der Waals surface area contributed by atoms with Gasteiger partial charge in [0.2, 0.25) is 0 Å². The smallest absolute Gasteiger partial charge is 0.271 e. The van der Waals surface area contributed by atoms with E-state index in [4.69, 9.17) is 0 Å². The minimum Gasteiger partial charge on any atom is -0.350 e. The number of hydrogen-bond acceptors (Lipinski definition) is 3. The quantitative estimate of drug-likeness (QED) is 0.890. The second-order valence-electron chi connectivity index (χ2n) is 5.66. The molecule has 0 radical (unpaired) electrons. The molecule has 2 heterocycles. The summed E-state index contributed by atoms with van der Waals surface area (Å²) >= 11 is 0. The van der Waals surface area contributed by atoms with Crippen molar-refractivity contribution >= 4 is 18.3 Å². The van der Waals surface area contributed by atoms with Crippen LogP contribution in [0.1, 0.15) is 48.8 Å². The average Bonchev–Trinajstić information content (AvgIpc) is 2.79. The van der Waals surface area contributed by atoms with Gasteiger partial charge in [-0.3, -0.25) is 9.48 Å². The Labute approximate surface area is 126 Å². The van der Waals surface area contributed by atoms with Crippen LogP contribution in [0.15, 0.2) is 6.07 Å². The molecule has 1 aliphatic heterocycles. The summed E-state index contributed by atoms with van der Waals surface area (Å²) in [6.45, 7) is 7.04. The Morgan fingerprint density at radius 1 is 1.60 bits per heavy atom. The van der Waals surface area contributed by atoms with Crippen molar-refractivity contribution in [1.82, 2.24) is 20.4 Å². The fourth-order valence-electron chi connectivity index (χ4n) is 2.56. The molecular formula is C14H25ClN4O. The van der Waals surface area contributed by atoms with E-state index in [0.717, 1.165) is 25.3 Å². The van der Waals surface area contributed by atoms with Crippen LogP contribution in [0.2, 0.25) is 0 Å². The molecule has 5 nitrogen and oxygen atoms in total. The molecule has 114 valence electrons. The van der Waals surface area contributed by atoms with Crippen LogP contribution < -0.4 is 10.6 Å². The first-order chi connectivity index (χ1) is 9.08. The lowest BCUT2D eigenvalue weighted by Gasteiger charge is -2.22. The van der Waals surface area contributed by atoms with Crippen molar-refractivity contribution < 1.29 is 4.79 Å². The molecule has 1 aliphatic rings. The van der Waals surface area contributed by atoms with Gasteiger partial charge >= 0.3 is 0 Å². The van der Waals surface area contributed by atoms with Gasteiger partial charge in [0.15, 0.2) is 0 Å². The lowest BCUT2D eigenvalue weighted by Crippen LogP contribution is -2.38. The van der Waals surface area contributed by atoms with Crippen LogP contribution in [0, 0.1) is 5.92 Å². The maximum absolute atomic E-state index is 12.1. The molecule has 0 aromatic carbocycles. The van der Waals surface area contributed by atoms with E-state index in [0.29, 0.717) is 17.5 Å². The second-order valence-corrected chi connectivity index (χ2v) is 5.66. The summed E-state index contributed by atoms with van der Waals surface area (Å²) in [5.74, 6) is 0.862. The SMILES string of the molecule is CC(C)c1cc(C(=O)NCC2CCCNC2)nn1C.Cl. The molecular weight excluding hydrogens is 276 g/mol. The number of amides is 1. The molecule has 6 heteroatoms. The molecule has 20 heavy (non-hydrogen) atoms. The van der Waals surface area contributed by atoms with E-state index in [1.807, 2.05) is 13.1 Å². The van der Waals surface area contributed by atoms with Gasteiger partial charge in [-0.05, 0) is 43.8 Å². The predicted molar refractivity (Wildman–Crippen MR) is 82.5 cm³/mol. The highest BCUT2D eigenvalue weighted by molar-refractivity contribution is 5.92. The third-order valence-electron chi connectivity index (χ3n) is 3.69. The van der Waals surface area contributed by atoms with E-state index in [9.17, 15) is 4.79 Å². The number of piperidine rings is 1. The topological polar surface area (TPSA) is 59.0 Å². The molecule has 1 atom stereocenters. The zero-order chi connectivity index (χ0) is 13.8. The minimum absolute atomic E-state index is 0. The summed E-state index contributed by atoms with van der Waals surface area (Å²) < 4.78 is 1.79. The van der Waals surface area contributed by atoms with Crippen molar-refractivity contribution in [3.05, 3.63) is 17.5 Å². The van der Waals surface area contributed by atoms with Gasteiger partial charge in [0.05, 0.1) is 0 Å². The van der Waals surface area contributed by atoms with Gasteiger partial charge in [0.25, 0.3) is 5.91 Å². The normalized spacial score (nSPS) is 18.7. The minimum atomic E-state index is -0.0620. The number of nitrogens with one attached hydrogen (secondary N) is 2. The Kier molecular flexibility index (Phi) is 6.49. The molecule has 2 N–H and O–H groups in total. The van der Waals surface area contributed by atoms with Crippen molar-refractivity contribution in [2.45, 2.75) is 32.6 Å². The molecule has 0 saturated carbocycles. The molecule has 0 bridgehead atoms. The van der Waals surface area contributed by atoms with E-state index in [-0.39, 0.29) is 18.3 Å². The number of halogens is 1. The standard InChI is InChI=1S/C14H24N4O.ClH/c1-10(2)13-7-12(17-18(13)3)14(19)16-9-11-5-4-6-15-8-11;/h7,10-11,15H,4-6,8-9H2,1-3H3,(H,16,19);1H. The van der Waals surface area contributed by atoms with Gasteiger partial charge in [-0.15, -0.1) is 12.4 Å². The van der Waals surface area contributed by atoms with Crippen molar-refractivity contribution in [2.75, 3.05) is 19.6 Å². The zero-order valence-electron chi connectivity index (χ0n) is 12.5. The Hall–Kier alpha value is -1.07. The van der Waals surface area contributed by atoms with Crippen LogP contribution in [0.5, 0.6) is 0 Å². The number of carbonyl (C=O) groups excluding carboxylic acids is 1. The van der Waals surface area contributed by atoms with Crippen LogP contribution >= 0.6 is 12.4 Å². The maximum Gasteiger partial charge on any atom is 0.271 e. The van der Waals surface area contributed by atoms with Crippen molar-refractivity contribution in [3.63, 3.8) is 0 Å². The van der Waals surface area contributed by atoms with Gasteiger partial charge in [0.1, 0.15) is 5.69 Å². The number of aryl methyl sites for hydroxylation is 1. The van der Waals surface area contributed by atoms with E-state index in [2.05, 4.69) is 29.6 Å². The van der Waals surface area contributed by atoms with Crippen LogP contribution in [0.3, 0.4) is 0 Å². The van der Waals surface area contributed by atoms with E-state index < -0.39 is 0 Å². The van der Waals surface area contributed by atoms with Crippen LogP contribution in [-0.2, 0) is 7.05 Å². The van der Waals surface area contributed by atoms with Crippen LogP contribution in [0.4, 0.5) is 0 Å². The molecule has 1 aromatic heterocycles. The Balaban J connectivity index is 0.00000200. The molecule has 1 unspecified atom stereocenters. The van der Waals surface area contributed by atoms with Gasteiger partial charge < -0.3 is 10.6 Å². The Morgan fingerprint density at radius 3 is 2.90 bits per heavy atom. The highest BCUT2D eigenvalue weighted by Gasteiger charge is 2.17. The number of rotatable bonds is 4. The van der Waals surface area contributed by atoms with Crippen LogP contribution in [0.25, 0.3) is 0 Å². The van der Waals surface area contributed by atoms with Crippen molar-refractivity contribution in [3.8, 4) is 0 Å². The summed E-state index contributed by atoms with van der Waals surface area (Å²) in [4.78, 5) is 12.1. The van der Waals surface area contributed by atoms with Crippen molar-refractivity contribution in [2.24, 2.45) is 13.0 Å². The zero-order valence-corrected chi connectivity index (χ0v) is 13.3. The highest BCUT2D eigenvalue weighted by Crippen LogP contribution is 2.15. The fraction of sp³-hybridized carbons (Fsp3) is 0.714. The average molecular weight is 301 g/mol. The number of hydrogen-bond donors (Lipinski definition) is 2. The molecule has 1 fully saturated rings. The third-order valence-corrected chi connectivity index (χ3v) is 3.69. The number of carbonyl (C=O) groups is 1. The first kappa shape index (κ1) is 17.0. The first-order valence-corrected chi connectivity index (χ1v) is 7.10. The van der Waals surface area contributed by atoms with Gasteiger partial charge in [-0.25, -0.2) is 0 Å². The number of aromatic nitrogens is 2. The van der Waals surface area contributed by atoms with Crippen molar-refractivity contribution in [1.29, 1.82) is 0 Å². The van der Waals surface area contributed by atoms with Gasteiger partial charge in [-0.1, -0.05) is 13.8 Å². The monoisotopic (exact) mass is 300 g/mol. The second kappa shape index (κ2) is 7.64. The maximum atomic E-state index is 12.1. The summed E-state index contributed by atoms with van der Waals surface area (Å²) in [6.07, 6.45) is 2.38. The van der Waals surface area contributed by atoms with E-state index in [1.54, 1.807) is 4.68 Å². The summed E-state index contributed by atoms with van der Waals surface area (Å²) in [6, 6.07) is 1.89. The summed E-state index contributed by atoms with van der Waals surface area (Å²) in [5, 5.41) is 10.6. The van der Waals surface area contributed by atoms with Gasteiger partial charge in [0, 0.05) is 19.3 Å². The lowest BCUT2D eigenvalue weighted by atomic mass is 10.00. The molecule has 0 aliphatic carbocycles. The Bertz CT molecular complexity index is 438. The van der Waals surface area contributed by atoms with E-state index in [1.165, 1.54) is 12.8 Å².